The molecular formula is C15H40O6. The first-order chi connectivity index (χ1) is 9.18. The number of ether oxygens (including phenoxy) is 5. The number of hydrogen-bond donors (Lipinski definition) is 1. The van der Waals surface area contributed by atoms with Crippen LogP contribution >= 0.6 is 0 Å². The van der Waals surface area contributed by atoms with E-state index >= 15 is 0 Å². The zero-order valence-corrected chi connectivity index (χ0v) is 13.3. The first kappa shape index (κ1) is 32.6. The summed E-state index contributed by atoms with van der Waals surface area (Å²) in [6, 6.07) is 0. The van der Waals surface area contributed by atoms with Gasteiger partial charge in [-0.05, 0) is 13.8 Å². The van der Waals surface area contributed by atoms with Gasteiger partial charge in [-0.2, -0.15) is 0 Å². The molecule has 136 valence electrons. The summed E-state index contributed by atoms with van der Waals surface area (Å²) in [6.45, 7) is 12.4. The van der Waals surface area contributed by atoms with E-state index in [0.29, 0.717) is 6.79 Å². The van der Waals surface area contributed by atoms with Crippen LogP contribution in [-0.2, 0) is 23.7 Å². The molecule has 2 fully saturated rings. The molecule has 2 aliphatic heterocycles. The Kier molecular flexibility index (Phi) is 57.1. The average molecular weight is 316 g/mol. The molecule has 0 aromatic heterocycles. The van der Waals surface area contributed by atoms with Gasteiger partial charge >= 0.3 is 0 Å². The Balaban J connectivity index is -0.0000000511. The normalized spacial score (nSPS) is 14.4. The van der Waals surface area contributed by atoms with Crippen molar-refractivity contribution in [2.75, 3.05) is 54.0 Å². The zero-order valence-electron chi connectivity index (χ0n) is 13.3. The molecule has 0 spiro atoms. The lowest BCUT2D eigenvalue weighted by atomic mass is 10.8. The summed E-state index contributed by atoms with van der Waals surface area (Å²) in [5, 5.41) is 8.14. The van der Waals surface area contributed by atoms with Gasteiger partial charge in [-0.15, -0.1) is 0 Å². The van der Waals surface area contributed by atoms with Crippen LogP contribution in [0.5, 0.6) is 0 Å². The fourth-order valence-electron chi connectivity index (χ4n) is 0.295. The summed E-state index contributed by atoms with van der Waals surface area (Å²) in [5.41, 5.74) is 0. The van der Waals surface area contributed by atoms with Crippen LogP contribution in [0.2, 0.25) is 0 Å². The van der Waals surface area contributed by atoms with Gasteiger partial charge in [-0.3, -0.25) is 0 Å². The maximum atomic E-state index is 8.14. The van der Waals surface area contributed by atoms with Gasteiger partial charge in [0.05, 0.1) is 26.4 Å². The van der Waals surface area contributed by atoms with Crippen molar-refractivity contribution in [3.05, 3.63) is 0 Å². The standard InChI is InChI=1S/C3H6O2.C3H8O2.C3H8O.C2H4O.C2H6.2CH4/c1-2-5-3-4-1;1-3(4)5-2;1-3-4-2;1-2-3-1;1-2;;/h1-3H2;3-4H,1-2H3;3H2,1-2H3;1-2H2;1-2H3;2*1H4. The predicted octanol–water partition coefficient (Wildman–Crippen LogP) is 2.93. The van der Waals surface area contributed by atoms with E-state index in [2.05, 4.69) is 14.2 Å². The fraction of sp³-hybridized carbons (Fsp3) is 1.00. The Hall–Kier alpha value is -0.240. The molecule has 1 N–H and O–H groups in total. The van der Waals surface area contributed by atoms with Crippen molar-refractivity contribution in [3.63, 3.8) is 0 Å². The molecule has 0 bridgehead atoms. The van der Waals surface area contributed by atoms with E-state index < -0.39 is 6.29 Å². The molecule has 2 aliphatic rings. The molecule has 1 unspecified atom stereocenters. The summed E-state index contributed by atoms with van der Waals surface area (Å²) in [5.74, 6) is 0. The third-order valence-corrected chi connectivity index (χ3v) is 1.37. The van der Waals surface area contributed by atoms with Gasteiger partial charge in [0, 0.05) is 20.8 Å². The van der Waals surface area contributed by atoms with Crippen LogP contribution in [0, 0.1) is 0 Å². The maximum absolute atomic E-state index is 8.14. The number of epoxide rings is 1. The van der Waals surface area contributed by atoms with Crippen LogP contribution in [0.1, 0.15) is 42.5 Å². The van der Waals surface area contributed by atoms with Gasteiger partial charge in [0.25, 0.3) is 0 Å². The Morgan fingerprint density at radius 1 is 0.952 bits per heavy atom. The molecule has 0 aliphatic carbocycles. The van der Waals surface area contributed by atoms with E-state index in [4.69, 9.17) is 14.6 Å². The molecule has 2 saturated heterocycles. The van der Waals surface area contributed by atoms with Crippen molar-refractivity contribution in [3.8, 4) is 0 Å². The van der Waals surface area contributed by atoms with E-state index in [9.17, 15) is 0 Å². The van der Waals surface area contributed by atoms with E-state index in [1.165, 1.54) is 7.11 Å². The summed E-state index contributed by atoms with van der Waals surface area (Å²) in [6.07, 6.45) is -0.616. The minimum atomic E-state index is -0.616. The van der Waals surface area contributed by atoms with Gasteiger partial charge in [0.2, 0.25) is 0 Å². The van der Waals surface area contributed by atoms with Crippen molar-refractivity contribution < 1.29 is 28.8 Å². The number of methoxy groups -OCH3 is 2. The fourth-order valence-corrected chi connectivity index (χ4v) is 0.295. The molecular weight excluding hydrogens is 276 g/mol. The molecule has 21 heavy (non-hydrogen) atoms. The van der Waals surface area contributed by atoms with Crippen molar-refractivity contribution in [2.24, 2.45) is 0 Å². The van der Waals surface area contributed by atoms with Crippen LogP contribution in [0.4, 0.5) is 0 Å². The molecule has 2 heterocycles. The van der Waals surface area contributed by atoms with Crippen LogP contribution in [0.3, 0.4) is 0 Å². The third kappa shape index (κ3) is 81.2. The van der Waals surface area contributed by atoms with Crippen molar-refractivity contribution in [2.45, 2.75) is 48.8 Å². The summed E-state index contributed by atoms with van der Waals surface area (Å²) in [7, 11) is 3.13. The molecule has 6 heteroatoms. The summed E-state index contributed by atoms with van der Waals surface area (Å²) in [4.78, 5) is 0. The Bertz CT molecular complexity index is 104. The van der Waals surface area contributed by atoms with Gasteiger partial charge < -0.3 is 28.8 Å². The Morgan fingerprint density at radius 2 is 1.19 bits per heavy atom. The highest BCUT2D eigenvalue weighted by atomic mass is 16.7. The Morgan fingerprint density at radius 3 is 1.24 bits per heavy atom. The second-order valence-corrected chi connectivity index (χ2v) is 2.96. The lowest BCUT2D eigenvalue weighted by Crippen LogP contribution is -1.99. The van der Waals surface area contributed by atoms with Crippen LogP contribution in [0.15, 0.2) is 0 Å². The molecule has 0 saturated carbocycles. The van der Waals surface area contributed by atoms with Crippen molar-refractivity contribution in [1.82, 2.24) is 0 Å². The monoisotopic (exact) mass is 316 g/mol. The van der Waals surface area contributed by atoms with E-state index in [1.807, 2.05) is 20.8 Å². The van der Waals surface area contributed by atoms with Crippen molar-refractivity contribution in [1.29, 1.82) is 0 Å². The number of aliphatic hydroxyl groups excluding tert-OH is 1. The average Bonchev–Trinajstić information content (AvgIpc) is 3.23. The van der Waals surface area contributed by atoms with E-state index in [1.54, 1.807) is 14.0 Å². The lowest BCUT2D eigenvalue weighted by Gasteiger charge is -1.94. The first-order valence-electron chi connectivity index (χ1n) is 6.62. The Labute approximate surface area is 132 Å². The van der Waals surface area contributed by atoms with Gasteiger partial charge in [-0.25, -0.2) is 0 Å². The predicted molar refractivity (Wildman–Crippen MR) is 88.6 cm³/mol. The number of hydrogen-bond acceptors (Lipinski definition) is 6. The second kappa shape index (κ2) is 36.7. The number of aliphatic hydroxyl groups is 1. The van der Waals surface area contributed by atoms with E-state index in [-0.39, 0.29) is 14.9 Å². The SMILES string of the molecule is C.C.C1CO1.C1COCO1.CC.CCOC.COC(C)O. The highest BCUT2D eigenvalue weighted by Crippen LogP contribution is 1.86. The molecule has 0 aromatic carbocycles. The topological polar surface area (TPSA) is 69.7 Å². The maximum Gasteiger partial charge on any atom is 0.151 e. The minimum absolute atomic E-state index is 0. The van der Waals surface area contributed by atoms with Crippen LogP contribution in [-0.4, -0.2) is 65.4 Å². The van der Waals surface area contributed by atoms with Crippen LogP contribution < -0.4 is 0 Å². The quantitative estimate of drug-likeness (QED) is 0.624. The van der Waals surface area contributed by atoms with Crippen LogP contribution in [0.25, 0.3) is 0 Å². The van der Waals surface area contributed by atoms with Crippen molar-refractivity contribution >= 4 is 0 Å². The first-order valence-corrected chi connectivity index (χ1v) is 6.62. The number of rotatable bonds is 2. The summed E-state index contributed by atoms with van der Waals surface area (Å²) < 4.78 is 22.8. The lowest BCUT2D eigenvalue weighted by molar-refractivity contribution is -0.0583. The minimum Gasteiger partial charge on any atom is -0.385 e. The van der Waals surface area contributed by atoms with E-state index in [0.717, 1.165) is 33.0 Å². The third-order valence-electron chi connectivity index (χ3n) is 1.37. The van der Waals surface area contributed by atoms with Gasteiger partial charge in [-0.1, -0.05) is 28.7 Å². The van der Waals surface area contributed by atoms with Gasteiger partial charge in [0.15, 0.2) is 6.29 Å². The molecule has 2 rings (SSSR count). The van der Waals surface area contributed by atoms with Gasteiger partial charge in [0.1, 0.15) is 6.79 Å². The molecule has 6 nitrogen and oxygen atoms in total. The summed E-state index contributed by atoms with van der Waals surface area (Å²) >= 11 is 0. The molecule has 0 aromatic rings. The molecule has 0 radical (unpaired) electrons. The zero-order chi connectivity index (χ0) is 15.4. The largest absolute Gasteiger partial charge is 0.385 e. The smallest absolute Gasteiger partial charge is 0.151 e. The molecule has 1 atom stereocenters. The highest BCUT2D eigenvalue weighted by Gasteiger charge is 1.94. The molecule has 0 amide bonds. The highest BCUT2D eigenvalue weighted by molar-refractivity contribution is 4.36. The second-order valence-electron chi connectivity index (χ2n) is 2.96.